The maximum atomic E-state index is 5.84. The molecule has 1 heterocycles. The van der Waals surface area contributed by atoms with Gasteiger partial charge in [0.05, 0.1) is 0 Å². The third-order valence-corrected chi connectivity index (χ3v) is 4.55. The van der Waals surface area contributed by atoms with Gasteiger partial charge in [0, 0.05) is 42.8 Å². The van der Waals surface area contributed by atoms with Crippen LogP contribution in [0.2, 0.25) is 0 Å². The smallest absolute Gasteiger partial charge is 0.0445 e. The lowest BCUT2D eigenvalue weighted by molar-refractivity contribution is 0.222. The van der Waals surface area contributed by atoms with E-state index in [9.17, 15) is 0 Å². The van der Waals surface area contributed by atoms with E-state index < -0.39 is 0 Å². The standard InChI is InChI=1S/C16H27N3/c1-12-9-15(13(10-17)11-18-12)19(4)14-5-7-16(2,3)8-6-14/h9,11,14H,5-8,10,17H2,1-4H3. The van der Waals surface area contributed by atoms with Crippen molar-refractivity contribution in [1.29, 1.82) is 0 Å². The lowest BCUT2D eigenvalue weighted by atomic mass is 9.75. The van der Waals surface area contributed by atoms with Crippen molar-refractivity contribution in [3.63, 3.8) is 0 Å². The second kappa shape index (κ2) is 5.49. The maximum Gasteiger partial charge on any atom is 0.0445 e. The minimum absolute atomic E-state index is 0.516. The zero-order chi connectivity index (χ0) is 14.0. The molecule has 0 unspecified atom stereocenters. The van der Waals surface area contributed by atoms with E-state index in [4.69, 9.17) is 5.73 Å². The van der Waals surface area contributed by atoms with Crippen molar-refractivity contribution in [1.82, 2.24) is 4.98 Å². The summed E-state index contributed by atoms with van der Waals surface area (Å²) in [4.78, 5) is 6.78. The molecule has 1 aromatic rings. The van der Waals surface area contributed by atoms with Crippen LogP contribution in [0.5, 0.6) is 0 Å². The van der Waals surface area contributed by atoms with Crippen LogP contribution >= 0.6 is 0 Å². The van der Waals surface area contributed by atoms with Crippen molar-refractivity contribution in [2.45, 2.75) is 59.0 Å². The molecule has 1 fully saturated rings. The largest absolute Gasteiger partial charge is 0.371 e. The minimum atomic E-state index is 0.516. The monoisotopic (exact) mass is 261 g/mol. The molecule has 0 aliphatic heterocycles. The maximum absolute atomic E-state index is 5.84. The van der Waals surface area contributed by atoms with E-state index in [1.807, 2.05) is 13.1 Å². The van der Waals surface area contributed by atoms with E-state index >= 15 is 0 Å². The predicted molar refractivity (Wildman–Crippen MR) is 81.3 cm³/mol. The molecule has 1 aliphatic carbocycles. The first kappa shape index (κ1) is 14.3. The molecule has 0 radical (unpaired) electrons. The fourth-order valence-corrected chi connectivity index (χ4v) is 3.03. The van der Waals surface area contributed by atoms with Gasteiger partial charge in [0.1, 0.15) is 0 Å². The van der Waals surface area contributed by atoms with Gasteiger partial charge in [-0.1, -0.05) is 13.8 Å². The third-order valence-electron chi connectivity index (χ3n) is 4.55. The fraction of sp³-hybridized carbons (Fsp3) is 0.688. The highest BCUT2D eigenvalue weighted by Gasteiger charge is 2.29. The van der Waals surface area contributed by atoms with E-state index in [0.29, 0.717) is 18.0 Å². The van der Waals surface area contributed by atoms with E-state index in [2.05, 4.69) is 36.8 Å². The zero-order valence-electron chi connectivity index (χ0n) is 12.7. The molecule has 1 aliphatic rings. The molecule has 0 saturated heterocycles. The summed E-state index contributed by atoms with van der Waals surface area (Å²) >= 11 is 0. The Morgan fingerprint density at radius 1 is 1.37 bits per heavy atom. The van der Waals surface area contributed by atoms with Crippen LogP contribution in [0.25, 0.3) is 0 Å². The second-order valence-corrected chi connectivity index (χ2v) is 6.66. The molecule has 0 bridgehead atoms. The normalized spacial score (nSPS) is 19.4. The SMILES string of the molecule is Cc1cc(N(C)C2CCC(C)(C)CC2)c(CN)cn1. The van der Waals surface area contributed by atoms with Crippen LogP contribution in [-0.4, -0.2) is 18.1 Å². The Balaban J connectivity index is 2.16. The zero-order valence-corrected chi connectivity index (χ0v) is 12.7. The Morgan fingerprint density at radius 3 is 2.58 bits per heavy atom. The number of rotatable bonds is 3. The van der Waals surface area contributed by atoms with Gasteiger partial charge in [-0.2, -0.15) is 0 Å². The van der Waals surface area contributed by atoms with Crippen LogP contribution in [-0.2, 0) is 6.54 Å². The number of nitrogens with two attached hydrogens (primary N) is 1. The summed E-state index contributed by atoms with van der Waals surface area (Å²) in [5, 5.41) is 0. The van der Waals surface area contributed by atoms with Crippen LogP contribution < -0.4 is 10.6 Å². The topological polar surface area (TPSA) is 42.1 Å². The van der Waals surface area contributed by atoms with Gasteiger partial charge in [0.15, 0.2) is 0 Å². The number of pyridine rings is 1. The van der Waals surface area contributed by atoms with Crippen molar-refractivity contribution >= 4 is 5.69 Å². The molecule has 0 atom stereocenters. The summed E-state index contributed by atoms with van der Waals surface area (Å²) in [5.41, 5.74) is 9.84. The van der Waals surface area contributed by atoms with E-state index in [0.717, 1.165) is 11.3 Å². The predicted octanol–water partition coefficient (Wildman–Crippen LogP) is 3.25. The van der Waals surface area contributed by atoms with E-state index in [1.54, 1.807) is 0 Å². The number of aryl methyl sites for hydroxylation is 1. The van der Waals surface area contributed by atoms with E-state index in [-0.39, 0.29) is 0 Å². The molecule has 0 aromatic carbocycles. The van der Waals surface area contributed by atoms with Crippen LogP contribution in [0.15, 0.2) is 12.3 Å². The van der Waals surface area contributed by atoms with Crippen molar-refractivity contribution in [2.75, 3.05) is 11.9 Å². The molecule has 1 aromatic heterocycles. The highest BCUT2D eigenvalue weighted by Crippen LogP contribution is 2.38. The Hall–Kier alpha value is -1.09. The van der Waals surface area contributed by atoms with Crippen LogP contribution in [0.3, 0.4) is 0 Å². The highest BCUT2D eigenvalue weighted by atomic mass is 15.1. The Morgan fingerprint density at radius 2 is 2.00 bits per heavy atom. The van der Waals surface area contributed by atoms with Crippen molar-refractivity contribution in [3.05, 3.63) is 23.5 Å². The first-order valence-electron chi connectivity index (χ1n) is 7.31. The number of aromatic nitrogens is 1. The Kier molecular flexibility index (Phi) is 4.14. The summed E-state index contributed by atoms with van der Waals surface area (Å²) < 4.78 is 0. The van der Waals surface area contributed by atoms with Crippen molar-refractivity contribution in [3.8, 4) is 0 Å². The molecule has 3 heteroatoms. The molecule has 2 rings (SSSR count). The van der Waals surface area contributed by atoms with Gasteiger partial charge >= 0.3 is 0 Å². The van der Waals surface area contributed by atoms with Gasteiger partial charge in [-0.25, -0.2) is 0 Å². The summed E-state index contributed by atoms with van der Waals surface area (Å²) in [6.07, 6.45) is 7.09. The van der Waals surface area contributed by atoms with Gasteiger partial charge in [0.2, 0.25) is 0 Å². The van der Waals surface area contributed by atoms with Crippen LogP contribution in [0.4, 0.5) is 5.69 Å². The first-order valence-corrected chi connectivity index (χ1v) is 7.31. The van der Waals surface area contributed by atoms with Gasteiger partial charge < -0.3 is 10.6 Å². The molecule has 2 N–H and O–H groups in total. The Bertz CT molecular complexity index is 430. The summed E-state index contributed by atoms with van der Waals surface area (Å²) in [7, 11) is 2.21. The highest BCUT2D eigenvalue weighted by molar-refractivity contribution is 5.53. The molecule has 0 amide bonds. The molecule has 19 heavy (non-hydrogen) atoms. The average molecular weight is 261 g/mol. The molecular weight excluding hydrogens is 234 g/mol. The Labute approximate surface area is 117 Å². The number of hydrogen-bond donors (Lipinski definition) is 1. The average Bonchev–Trinajstić information content (AvgIpc) is 2.38. The lowest BCUT2D eigenvalue weighted by Gasteiger charge is -2.40. The quantitative estimate of drug-likeness (QED) is 0.908. The lowest BCUT2D eigenvalue weighted by Crippen LogP contribution is -2.37. The third kappa shape index (κ3) is 3.27. The van der Waals surface area contributed by atoms with Gasteiger partial charge in [-0.3, -0.25) is 4.98 Å². The van der Waals surface area contributed by atoms with E-state index in [1.165, 1.54) is 31.4 Å². The minimum Gasteiger partial charge on any atom is -0.371 e. The van der Waals surface area contributed by atoms with Crippen LogP contribution in [0.1, 0.15) is 50.8 Å². The molecular formula is C16H27N3. The first-order chi connectivity index (χ1) is 8.93. The number of nitrogens with zero attached hydrogens (tertiary/aromatic N) is 2. The summed E-state index contributed by atoms with van der Waals surface area (Å²) in [6, 6.07) is 2.81. The second-order valence-electron chi connectivity index (χ2n) is 6.66. The molecule has 1 saturated carbocycles. The van der Waals surface area contributed by atoms with Crippen molar-refractivity contribution < 1.29 is 0 Å². The van der Waals surface area contributed by atoms with Crippen LogP contribution in [0, 0.1) is 12.3 Å². The molecule has 3 nitrogen and oxygen atoms in total. The summed E-state index contributed by atoms with van der Waals surface area (Å²) in [5.74, 6) is 0. The summed E-state index contributed by atoms with van der Waals surface area (Å²) in [6.45, 7) is 7.36. The fourth-order valence-electron chi connectivity index (χ4n) is 3.03. The molecule has 0 spiro atoms. The van der Waals surface area contributed by atoms with Gasteiger partial charge in [-0.15, -0.1) is 0 Å². The van der Waals surface area contributed by atoms with Gasteiger partial charge in [-0.05, 0) is 44.1 Å². The van der Waals surface area contributed by atoms with Crippen molar-refractivity contribution in [2.24, 2.45) is 11.1 Å². The number of hydrogen-bond acceptors (Lipinski definition) is 3. The van der Waals surface area contributed by atoms with Gasteiger partial charge in [0.25, 0.3) is 0 Å². The number of anilines is 1. The molecule has 106 valence electrons.